The molecule has 3 nitrogen and oxygen atoms in total. The summed E-state index contributed by atoms with van der Waals surface area (Å²) in [6.45, 7) is 1.86. The first-order valence-corrected chi connectivity index (χ1v) is 5.68. The van der Waals surface area contributed by atoms with Crippen LogP contribution in [-0.4, -0.2) is 18.4 Å². The van der Waals surface area contributed by atoms with E-state index in [9.17, 15) is 5.11 Å². The molecule has 18 heavy (non-hydrogen) atoms. The zero-order valence-electron chi connectivity index (χ0n) is 10.4. The fourth-order valence-corrected chi connectivity index (χ4v) is 1.66. The van der Waals surface area contributed by atoms with Crippen LogP contribution in [0.3, 0.4) is 0 Å². The molecule has 0 aliphatic heterocycles. The predicted octanol–water partition coefficient (Wildman–Crippen LogP) is 3.46. The average Bonchev–Trinajstić information content (AvgIpc) is 2.41. The Morgan fingerprint density at radius 3 is 2.67 bits per heavy atom. The van der Waals surface area contributed by atoms with Crippen molar-refractivity contribution in [1.82, 2.24) is 0 Å². The lowest BCUT2D eigenvalue weighted by atomic mass is 10.1. The molecule has 0 aliphatic carbocycles. The predicted molar refractivity (Wildman–Crippen MR) is 73.1 cm³/mol. The third kappa shape index (κ3) is 2.51. The van der Waals surface area contributed by atoms with E-state index >= 15 is 0 Å². The average molecular weight is 241 g/mol. The van der Waals surface area contributed by atoms with E-state index in [0.717, 1.165) is 11.3 Å². The first-order valence-electron chi connectivity index (χ1n) is 5.68. The fourth-order valence-electron chi connectivity index (χ4n) is 1.66. The summed E-state index contributed by atoms with van der Waals surface area (Å²) >= 11 is 0. The van der Waals surface area contributed by atoms with E-state index < -0.39 is 0 Å². The van der Waals surface area contributed by atoms with Crippen molar-refractivity contribution in [2.45, 2.75) is 6.92 Å². The van der Waals surface area contributed by atoms with Gasteiger partial charge in [-0.2, -0.15) is 0 Å². The molecule has 0 saturated heterocycles. The van der Waals surface area contributed by atoms with Crippen molar-refractivity contribution in [2.75, 3.05) is 7.11 Å². The Morgan fingerprint density at radius 1 is 1.11 bits per heavy atom. The Bertz CT molecular complexity index is 576. The van der Waals surface area contributed by atoms with E-state index in [1.807, 2.05) is 49.4 Å². The summed E-state index contributed by atoms with van der Waals surface area (Å²) in [5.41, 5.74) is 2.26. The van der Waals surface area contributed by atoms with Gasteiger partial charge in [0.15, 0.2) is 0 Å². The summed E-state index contributed by atoms with van der Waals surface area (Å²) in [7, 11) is 1.61. The van der Waals surface area contributed by atoms with Gasteiger partial charge in [0.2, 0.25) is 0 Å². The number of ether oxygens (including phenoxy) is 1. The van der Waals surface area contributed by atoms with Crippen molar-refractivity contribution in [2.24, 2.45) is 4.99 Å². The van der Waals surface area contributed by atoms with Crippen LogP contribution in [0.4, 0.5) is 5.69 Å². The van der Waals surface area contributed by atoms with Gasteiger partial charge in [0.25, 0.3) is 0 Å². The number of hydrogen-bond donors (Lipinski definition) is 1. The molecule has 0 amide bonds. The summed E-state index contributed by atoms with van der Waals surface area (Å²) in [4.78, 5) is 4.34. The number of hydrogen-bond acceptors (Lipinski definition) is 3. The third-order valence-electron chi connectivity index (χ3n) is 2.70. The molecule has 2 aromatic carbocycles. The van der Waals surface area contributed by atoms with Crippen molar-refractivity contribution in [1.29, 1.82) is 0 Å². The number of nitrogens with zero attached hydrogens (tertiary/aromatic N) is 1. The molecule has 0 unspecified atom stereocenters. The van der Waals surface area contributed by atoms with Crippen molar-refractivity contribution >= 4 is 11.9 Å². The van der Waals surface area contributed by atoms with Gasteiger partial charge in [-0.05, 0) is 30.7 Å². The molecule has 0 atom stereocenters. The quantitative estimate of drug-likeness (QED) is 0.836. The van der Waals surface area contributed by atoms with E-state index in [4.69, 9.17) is 4.74 Å². The van der Waals surface area contributed by atoms with Crippen LogP contribution in [0, 0.1) is 6.92 Å². The Hall–Kier alpha value is -2.29. The first kappa shape index (κ1) is 12.2. The standard InChI is InChI=1S/C15H15NO2/c1-11-6-5-7-12(15(11)17)10-16-13-8-3-4-9-14(13)18-2/h3-10,17H,1-2H3. The minimum atomic E-state index is 0.260. The lowest BCUT2D eigenvalue weighted by molar-refractivity contribution is 0.416. The van der Waals surface area contributed by atoms with Crippen molar-refractivity contribution in [3.8, 4) is 11.5 Å². The molecule has 0 heterocycles. The maximum atomic E-state index is 9.88. The molecule has 2 rings (SSSR count). The van der Waals surface area contributed by atoms with Gasteiger partial charge in [-0.15, -0.1) is 0 Å². The lowest BCUT2D eigenvalue weighted by Gasteiger charge is -2.04. The monoisotopic (exact) mass is 241 g/mol. The van der Waals surface area contributed by atoms with Crippen LogP contribution in [0.15, 0.2) is 47.5 Å². The molecule has 0 bridgehead atoms. The Kier molecular flexibility index (Phi) is 3.63. The van der Waals surface area contributed by atoms with Gasteiger partial charge in [0.1, 0.15) is 17.2 Å². The second-order valence-corrected chi connectivity index (χ2v) is 3.94. The molecular weight excluding hydrogens is 226 g/mol. The zero-order valence-corrected chi connectivity index (χ0v) is 10.4. The maximum absolute atomic E-state index is 9.88. The first-order chi connectivity index (χ1) is 8.72. The number of aliphatic imine (C=N–C) groups is 1. The van der Waals surface area contributed by atoms with E-state index in [-0.39, 0.29) is 5.75 Å². The molecule has 92 valence electrons. The Balaban J connectivity index is 2.33. The van der Waals surface area contributed by atoms with E-state index in [2.05, 4.69) is 4.99 Å². The molecular formula is C15H15NO2. The summed E-state index contributed by atoms with van der Waals surface area (Å²) in [6, 6.07) is 13.1. The van der Waals surface area contributed by atoms with Gasteiger partial charge >= 0.3 is 0 Å². The summed E-state index contributed by atoms with van der Waals surface area (Å²) in [6.07, 6.45) is 1.64. The molecule has 0 radical (unpaired) electrons. The minimum absolute atomic E-state index is 0.260. The topological polar surface area (TPSA) is 41.8 Å². The molecule has 0 spiro atoms. The highest BCUT2D eigenvalue weighted by atomic mass is 16.5. The number of para-hydroxylation sites is 3. The normalized spacial score (nSPS) is 10.8. The highest BCUT2D eigenvalue weighted by Crippen LogP contribution is 2.27. The second kappa shape index (κ2) is 5.36. The fraction of sp³-hybridized carbons (Fsp3) is 0.133. The van der Waals surface area contributed by atoms with Gasteiger partial charge < -0.3 is 9.84 Å². The van der Waals surface area contributed by atoms with Gasteiger partial charge in [-0.3, -0.25) is 4.99 Å². The van der Waals surface area contributed by atoms with Crippen molar-refractivity contribution < 1.29 is 9.84 Å². The lowest BCUT2D eigenvalue weighted by Crippen LogP contribution is -1.86. The van der Waals surface area contributed by atoms with E-state index in [1.54, 1.807) is 13.3 Å². The van der Waals surface area contributed by atoms with Gasteiger partial charge in [-0.25, -0.2) is 0 Å². The van der Waals surface area contributed by atoms with Crippen LogP contribution in [0.2, 0.25) is 0 Å². The highest BCUT2D eigenvalue weighted by Gasteiger charge is 2.02. The number of rotatable bonds is 3. The molecule has 0 fully saturated rings. The number of phenols is 1. The van der Waals surface area contributed by atoms with Gasteiger partial charge in [-0.1, -0.05) is 24.3 Å². The van der Waals surface area contributed by atoms with Crippen LogP contribution in [0.5, 0.6) is 11.5 Å². The SMILES string of the molecule is COc1ccccc1N=Cc1cccc(C)c1O. The second-order valence-electron chi connectivity index (χ2n) is 3.94. The number of aromatic hydroxyl groups is 1. The molecule has 2 aromatic rings. The number of methoxy groups -OCH3 is 1. The van der Waals surface area contributed by atoms with E-state index in [0.29, 0.717) is 11.3 Å². The van der Waals surface area contributed by atoms with Crippen LogP contribution < -0.4 is 4.74 Å². The number of aryl methyl sites for hydroxylation is 1. The van der Waals surface area contributed by atoms with Crippen molar-refractivity contribution in [3.63, 3.8) is 0 Å². The van der Waals surface area contributed by atoms with Crippen LogP contribution in [0.1, 0.15) is 11.1 Å². The van der Waals surface area contributed by atoms with Gasteiger partial charge in [0.05, 0.1) is 7.11 Å². The van der Waals surface area contributed by atoms with Gasteiger partial charge in [0, 0.05) is 11.8 Å². The number of phenolic OH excluding ortho intramolecular Hbond substituents is 1. The van der Waals surface area contributed by atoms with Crippen LogP contribution in [0.25, 0.3) is 0 Å². The van der Waals surface area contributed by atoms with Crippen LogP contribution >= 0.6 is 0 Å². The van der Waals surface area contributed by atoms with Crippen LogP contribution in [-0.2, 0) is 0 Å². The summed E-state index contributed by atoms with van der Waals surface area (Å²) in [5.74, 6) is 0.969. The molecule has 0 aliphatic rings. The minimum Gasteiger partial charge on any atom is -0.507 e. The highest BCUT2D eigenvalue weighted by molar-refractivity contribution is 5.86. The maximum Gasteiger partial charge on any atom is 0.144 e. The molecule has 1 N–H and O–H groups in total. The smallest absolute Gasteiger partial charge is 0.144 e. The number of benzene rings is 2. The largest absolute Gasteiger partial charge is 0.507 e. The zero-order chi connectivity index (χ0) is 13.0. The summed E-state index contributed by atoms with van der Waals surface area (Å²) < 4.78 is 5.21. The van der Waals surface area contributed by atoms with Crippen molar-refractivity contribution in [3.05, 3.63) is 53.6 Å². The third-order valence-corrected chi connectivity index (χ3v) is 2.70. The molecule has 0 aromatic heterocycles. The Labute approximate surface area is 106 Å². The molecule has 3 heteroatoms. The molecule has 0 saturated carbocycles. The van der Waals surface area contributed by atoms with E-state index in [1.165, 1.54) is 0 Å². The Morgan fingerprint density at radius 2 is 1.89 bits per heavy atom. The summed E-state index contributed by atoms with van der Waals surface area (Å²) in [5, 5.41) is 9.88.